The molecule has 1 N–H and O–H groups in total. The van der Waals surface area contributed by atoms with Gasteiger partial charge in [-0.25, -0.2) is 9.78 Å². The number of nitrogens with zero attached hydrogens (tertiary/aromatic N) is 2. The van der Waals surface area contributed by atoms with Gasteiger partial charge in [-0.3, -0.25) is 4.79 Å². The van der Waals surface area contributed by atoms with Crippen LogP contribution < -0.4 is 10.2 Å². The number of thiazole rings is 1. The molecule has 98 valence electrons. The molecular weight excluding hydrogens is 254 g/mol. The minimum Gasteiger partial charge on any atom is -0.465 e. The number of carbonyl (C=O) groups excluding carboxylic acids is 2. The number of ether oxygens (including phenoxy) is 1. The number of hydrogen-bond acceptors (Lipinski definition) is 6. The molecule has 1 saturated heterocycles. The van der Waals surface area contributed by atoms with E-state index in [1.807, 2.05) is 11.8 Å². The van der Waals surface area contributed by atoms with Crippen molar-refractivity contribution in [1.82, 2.24) is 10.3 Å². The Morgan fingerprint density at radius 1 is 1.72 bits per heavy atom. The highest BCUT2D eigenvalue weighted by Crippen LogP contribution is 2.26. The molecule has 1 aromatic heterocycles. The third-order valence-corrected chi connectivity index (χ3v) is 3.86. The second-order valence-electron chi connectivity index (χ2n) is 3.91. The molecule has 1 amide bonds. The highest BCUT2D eigenvalue weighted by molar-refractivity contribution is 7.17. The summed E-state index contributed by atoms with van der Waals surface area (Å²) >= 11 is 1.25. The van der Waals surface area contributed by atoms with Crippen molar-refractivity contribution in [2.75, 3.05) is 25.1 Å². The van der Waals surface area contributed by atoms with E-state index in [2.05, 4.69) is 15.0 Å². The molecule has 6 nitrogen and oxygen atoms in total. The number of piperazine rings is 1. The summed E-state index contributed by atoms with van der Waals surface area (Å²) in [7, 11) is 1.34. The normalized spacial score (nSPS) is 19.6. The van der Waals surface area contributed by atoms with E-state index in [0.717, 1.165) is 0 Å². The standard InChI is InChI=1S/C11H15N3O3S/c1-3-7-9(15)12-4-5-14(7)11-13-6-8(18-11)10(16)17-2/h6-7H,3-5H2,1-2H3,(H,12,15). The molecule has 1 unspecified atom stereocenters. The predicted molar refractivity (Wildman–Crippen MR) is 67.9 cm³/mol. The first kappa shape index (κ1) is 12.8. The molecule has 0 saturated carbocycles. The summed E-state index contributed by atoms with van der Waals surface area (Å²) in [6, 6.07) is -0.213. The Labute approximate surface area is 109 Å². The zero-order valence-corrected chi connectivity index (χ0v) is 11.1. The second-order valence-corrected chi connectivity index (χ2v) is 4.92. The van der Waals surface area contributed by atoms with E-state index in [1.54, 1.807) is 0 Å². The van der Waals surface area contributed by atoms with E-state index < -0.39 is 5.97 Å². The molecule has 1 fully saturated rings. The molecule has 0 aromatic carbocycles. The largest absolute Gasteiger partial charge is 0.465 e. The fourth-order valence-corrected chi connectivity index (χ4v) is 2.85. The molecule has 0 spiro atoms. The Balaban J connectivity index is 2.21. The van der Waals surface area contributed by atoms with Gasteiger partial charge in [0.05, 0.1) is 13.3 Å². The molecule has 0 bridgehead atoms. The maximum Gasteiger partial charge on any atom is 0.349 e. The van der Waals surface area contributed by atoms with Gasteiger partial charge in [0.15, 0.2) is 5.13 Å². The van der Waals surface area contributed by atoms with Gasteiger partial charge in [-0.15, -0.1) is 0 Å². The third-order valence-electron chi connectivity index (χ3n) is 2.84. The molecule has 1 aliphatic heterocycles. The van der Waals surface area contributed by atoms with Gasteiger partial charge in [-0.1, -0.05) is 18.3 Å². The Kier molecular flexibility index (Phi) is 3.81. The van der Waals surface area contributed by atoms with Crippen LogP contribution in [0.3, 0.4) is 0 Å². The first-order valence-electron chi connectivity index (χ1n) is 5.75. The van der Waals surface area contributed by atoms with Crippen LogP contribution in [0.25, 0.3) is 0 Å². The third kappa shape index (κ3) is 2.31. The average Bonchev–Trinajstić information content (AvgIpc) is 2.87. The minimum absolute atomic E-state index is 0.0126. The van der Waals surface area contributed by atoms with Gasteiger partial charge in [-0.2, -0.15) is 0 Å². The molecule has 1 aromatic rings. The maximum absolute atomic E-state index is 11.7. The van der Waals surface area contributed by atoms with Gasteiger partial charge in [-0.05, 0) is 6.42 Å². The van der Waals surface area contributed by atoms with Crippen LogP contribution in [0.15, 0.2) is 6.20 Å². The Bertz CT molecular complexity index is 460. The van der Waals surface area contributed by atoms with Crippen LogP contribution in [-0.2, 0) is 9.53 Å². The topological polar surface area (TPSA) is 71.5 Å². The summed E-state index contributed by atoms with van der Waals surface area (Å²) in [6.45, 7) is 3.26. The van der Waals surface area contributed by atoms with Crippen LogP contribution in [0.1, 0.15) is 23.0 Å². The van der Waals surface area contributed by atoms with Gasteiger partial charge < -0.3 is 15.0 Å². The Morgan fingerprint density at radius 3 is 3.17 bits per heavy atom. The number of aromatic nitrogens is 1. The van der Waals surface area contributed by atoms with Crippen LogP contribution in [-0.4, -0.2) is 43.1 Å². The van der Waals surface area contributed by atoms with Crippen molar-refractivity contribution < 1.29 is 14.3 Å². The van der Waals surface area contributed by atoms with Gasteiger partial charge in [0.1, 0.15) is 10.9 Å². The quantitative estimate of drug-likeness (QED) is 0.816. The van der Waals surface area contributed by atoms with Gasteiger partial charge >= 0.3 is 5.97 Å². The summed E-state index contributed by atoms with van der Waals surface area (Å²) in [6.07, 6.45) is 2.20. The fourth-order valence-electron chi connectivity index (χ4n) is 1.94. The number of hydrogen-bond donors (Lipinski definition) is 1. The minimum atomic E-state index is -0.395. The first-order valence-corrected chi connectivity index (χ1v) is 6.57. The summed E-state index contributed by atoms with van der Waals surface area (Å²) in [5.41, 5.74) is 0. The van der Waals surface area contributed by atoms with E-state index in [-0.39, 0.29) is 11.9 Å². The number of amides is 1. The molecule has 2 rings (SSSR count). The lowest BCUT2D eigenvalue weighted by molar-refractivity contribution is -0.123. The van der Waals surface area contributed by atoms with Crippen molar-refractivity contribution >= 4 is 28.3 Å². The number of anilines is 1. The van der Waals surface area contributed by atoms with Crippen LogP contribution in [0.5, 0.6) is 0 Å². The van der Waals surface area contributed by atoms with E-state index in [4.69, 9.17) is 0 Å². The Morgan fingerprint density at radius 2 is 2.50 bits per heavy atom. The number of rotatable bonds is 3. The first-order chi connectivity index (χ1) is 8.67. The molecule has 0 radical (unpaired) electrons. The molecule has 2 heterocycles. The van der Waals surface area contributed by atoms with Gasteiger partial charge in [0.25, 0.3) is 0 Å². The highest BCUT2D eigenvalue weighted by Gasteiger charge is 2.30. The lowest BCUT2D eigenvalue weighted by Crippen LogP contribution is -2.55. The molecule has 1 atom stereocenters. The van der Waals surface area contributed by atoms with E-state index in [1.165, 1.54) is 24.6 Å². The van der Waals surface area contributed by atoms with E-state index >= 15 is 0 Å². The summed E-state index contributed by atoms with van der Waals surface area (Å²) in [5.74, 6) is -0.383. The zero-order chi connectivity index (χ0) is 13.1. The molecular formula is C11H15N3O3S. The smallest absolute Gasteiger partial charge is 0.349 e. The molecule has 1 aliphatic rings. The van der Waals surface area contributed by atoms with Crippen LogP contribution in [0.2, 0.25) is 0 Å². The molecule has 0 aliphatic carbocycles. The van der Waals surface area contributed by atoms with Crippen molar-refractivity contribution in [3.63, 3.8) is 0 Å². The van der Waals surface area contributed by atoms with Crippen molar-refractivity contribution in [2.45, 2.75) is 19.4 Å². The number of esters is 1. The van der Waals surface area contributed by atoms with Gasteiger partial charge in [0.2, 0.25) is 5.91 Å². The SMILES string of the molecule is CCC1C(=O)NCCN1c1ncc(C(=O)OC)s1. The average molecular weight is 269 g/mol. The highest BCUT2D eigenvalue weighted by atomic mass is 32.1. The summed E-state index contributed by atoms with van der Waals surface area (Å²) in [4.78, 5) is 29.7. The monoisotopic (exact) mass is 269 g/mol. The van der Waals surface area contributed by atoms with Crippen molar-refractivity contribution in [3.8, 4) is 0 Å². The number of nitrogens with one attached hydrogen (secondary N) is 1. The lowest BCUT2D eigenvalue weighted by atomic mass is 10.1. The predicted octanol–water partition coefficient (Wildman–Crippen LogP) is 0.644. The molecule has 18 heavy (non-hydrogen) atoms. The van der Waals surface area contributed by atoms with E-state index in [9.17, 15) is 9.59 Å². The van der Waals surface area contributed by atoms with Crippen LogP contribution in [0.4, 0.5) is 5.13 Å². The number of methoxy groups -OCH3 is 1. The fraction of sp³-hybridized carbons (Fsp3) is 0.545. The zero-order valence-electron chi connectivity index (χ0n) is 10.3. The second kappa shape index (κ2) is 5.34. The molecule has 7 heteroatoms. The number of carbonyl (C=O) groups is 2. The Hall–Kier alpha value is -1.63. The maximum atomic E-state index is 11.7. The van der Waals surface area contributed by atoms with Crippen LogP contribution >= 0.6 is 11.3 Å². The summed E-state index contributed by atoms with van der Waals surface area (Å²) < 4.78 is 4.64. The van der Waals surface area contributed by atoms with Crippen LogP contribution in [0, 0.1) is 0 Å². The van der Waals surface area contributed by atoms with Crippen molar-refractivity contribution in [3.05, 3.63) is 11.1 Å². The van der Waals surface area contributed by atoms with Crippen molar-refractivity contribution in [1.29, 1.82) is 0 Å². The van der Waals surface area contributed by atoms with E-state index in [0.29, 0.717) is 29.5 Å². The van der Waals surface area contributed by atoms with Crippen molar-refractivity contribution in [2.24, 2.45) is 0 Å². The summed E-state index contributed by atoms with van der Waals surface area (Å²) in [5, 5.41) is 3.52. The van der Waals surface area contributed by atoms with Gasteiger partial charge in [0, 0.05) is 13.1 Å². The lowest BCUT2D eigenvalue weighted by Gasteiger charge is -2.34.